The highest BCUT2D eigenvalue weighted by Crippen LogP contribution is 2.29. The van der Waals surface area contributed by atoms with Gasteiger partial charge in [0, 0.05) is 36.6 Å². The molecule has 0 saturated carbocycles. The van der Waals surface area contributed by atoms with Gasteiger partial charge < -0.3 is 23.6 Å². The van der Waals surface area contributed by atoms with Crippen molar-refractivity contribution in [2.45, 2.75) is 6.92 Å². The van der Waals surface area contributed by atoms with Gasteiger partial charge in [-0.1, -0.05) is 11.6 Å². The predicted molar refractivity (Wildman–Crippen MR) is 119 cm³/mol. The average molecular weight is 485 g/mol. The quantitative estimate of drug-likeness (QED) is 0.425. The summed E-state index contributed by atoms with van der Waals surface area (Å²) in [5.41, 5.74) is 1.49. The summed E-state index contributed by atoms with van der Waals surface area (Å²) in [6.07, 6.45) is 1.07. The summed E-state index contributed by atoms with van der Waals surface area (Å²) in [5, 5.41) is 9.53. The molecule has 4 aromatic heterocycles. The third kappa shape index (κ3) is 4.04. The molecule has 0 bridgehead atoms. The summed E-state index contributed by atoms with van der Waals surface area (Å²) in [4.78, 5) is 44.2. The van der Waals surface area contributed by atoms with Gasteiger partial charge in [0.25, 0.3) is 11.9 Å². The maximum atomic E-state index is 13.2. The summed E-state index contributed by atoms with van der Waals surface area (Å²) in [6.45, 7) is 4.03. The van der Waals surface area contributed by atoms with Crippen molar-refractivity contribution in [3.8, 4) is 11.5 Å². The number of hydrogen-bond donors (Lipinski definition) is 1. The number of aryl methyl sites for hydroxylation is 1. The summed E-state index contributed by atoms with van der Waals surface area (Å²) in [6, 6.07) is 5.00. The molecule has 4 aromatic rings. The SMILES string of the molecule is Cc1cc(-c2nc(N(C(=O)O)C(=O)c3cc4oc(N5CCOCC5)nc4nc3Cl)co2)ccn1. The van der Waals surface area contributed by atoms with Gasteiger partial charge in [0.05, 0.1) is 18.8 Å². The maximum Gasteiger partial charge on any atom is 0.420 e. The molecular formula is C21H17ClN6O6. The second kappa shape index (κ2) is 8.72. The molecule has 1 fully saturated rings. The first-order chi connectivity index (χ1) is 16.4. The molecule has 5 heterocycles. The van der Waals surface area contributed by atoms with E-state index < -0.39 is 12.0 Å². The highest BCUT2D eigenvalue weighted by Gasteiger charge is 2.31. The van der Waals surface area contributed by atoms with Crippen molar-refractivity contribution in [1.82, 2.24) is 19.9 Å². The van der Waals surface area contributed by atoms with Gasteiger partial charge in [0.2, 0.25) is 11.5 Å². The number of carbonyl (C=O) groups is 2. The number of pyridine rings is 2. The minimum Gasteiger partial charge on any atom is -0.464 e. The van der Waals surface area contributed by atoms with Gasteiger partial charge in [-0.15, -0.1) is 0 Å². The monoisotopic (exact) mass is 484 g/mol. The number of carboxylic acid groups (broad SMARTS) is 1. The number of rotatable bonds is 4. The largest absolute Gasteiger partial charge is 0.464 e. The van der Waals surface area contributed by atoms with Gasteiger partial charge in [0.15, 0.2) is 11.4 Å². The van der Waals surface area contributed by atoms with E-state index >= 15 is 0 Å². The van der Waals surface area contributed by atoms with Crippen LogP contribution in [-0.4, -0.2) is 63.3 Å². The smallest absolute Gasteiger partial charge is 0.420 e. The van der Waals surface area contributed by atoms with Gasteiger partial charge in [-0.05, 0) is 19.1 Å². The highest BCUT2D eigenvalue weighted by atomic mass is 35.5. The Morgan fingerprint density at radius 1 is 1.18 bits per heavy atom. The van der Waals surface area contributed by atoms with E-state index in [-0.39, 0.29) is 33.7 Å². The minimum absolute atomic E-state index is 0.129. The van der Waals surface area contributed by atoms with Crippen molar-refractivity contribution in [2.24, 2.45) is 0 Å². The average Bonchev–Trinajstić information content (AvgIpc) is 3.46. The van der Waals surface area contributed by atoms with E-state index in [9.17, 15) is 14.7 Å². The lowest BCUT2D eigenvalue weighted by atomic mass is 10.2. The molecule has 0 atom stereocenters. The summed E-state index contributed by atoms with van der Waals surface area (Å²) in [7, 11) is 0. The van der Waals surface area contributed by atoms with E-state index in [1.165, 1.54) is 6.07 Å². The minimum atomic E-state index is -1.57. The lowest BCUT2D eigenvalue weighted by Crippen LogP contribution is -2.36. The molecule has 1 aliphatic heterocycles. The lowest BCUT2D eigenvalue weighted by molar-refractivity contribution is 0.0982. The van der Waals surface area contributed by atoms with Crippen molar-refractivity contribution in [3.63, 3.8) is 0 Å². The molecule has 2 amide bonds. The number of oxazole rings is 2. The second-order valence-corrected chi connectivity index (χ2v) is 7.72. The van der Waals surface area contributed by atoms with Crippen LogP contribution < -0.4 is 9.80 Å². The molecule has 1 N–H and O–H groups in total. The number of nitrogens with zero attached hydrogens (tertiary/aromatic N) is 6. The first-order valence-corrected chi connectivity index (χ1v) is 10.5. The molecule has 0 aliphatic carbocycles. The molecule has 5 rings (SSSR count). The van der Waals surface area contributed by atoms with Crippen LogP contribution >= 0.6 is 11.6 Å². The molecule has 0 spiro atoms. The fourth-order valence-electron chi connectivity index (χ4n) is 3.46. The van der Waals surface area contributed by atoms with E-state index in [2.05, 4.69) is 19.9 Å². The number of amides is 2. The first-order valence-electron chi connectivity index (χ1n) is 10.2. The Labute approximate surface area is 196 Å². The second-order valence-electron chi connectivity index (χ2n) is 7.36. The molecule has 0 radical (unpaired) electrons. The van der Waals surface area contributed by atoms with Crippen LogP contribution in [-0.2, 0) is 4.74 Å². The van der Waals surface area contributed by atoms with Gasteiger partial charge >= 0.3 is 6.09 Å². The van der Waals surface area contributed by atoms with Crippen molar-refractivity contribution < 1.29 is 28.3 Å². The van der Waals surface area contributed by atoms with Crippen molar-refractivity contribution in [1.29, 1.82) is 0 Å². The van der Waals surface area contributed by atoms with E-state index in [1.54, 1.807) is 25.3 Å². The molecule has 0 unspecified atom stereocenters. The summed E-state index contributed by atoms with van der Waals surface area (Å²) in [5.74, 6) is -1.07. The van der Waals surface area contributed by atoms with E-state index in [1.807, 2.05) is 4.90 Å². The number of fused-ring (bicyclic) bond motifs is 1. The molecule has 13 heteroatoms. The van der Waals surface area contributed by atoms with Crippen LogP contribution in [0.2, 0.25) is 5.15 Å². The first kappa shape index (κ1) is 21.8. The number of hydrogen-bond acceptors (Lipinski definition) is 10. The summed E-state index contributed by atoms with van der Waals surface area (Å²) < 4.78 is 16.5. The molecule has 174 valence electrons. The Morgan fingerprint density at radius 2 is 1.97 bits per heavy atom. The molecule has 0 aromatic carbocycles. The van der Waals surface area contributed by atoms with Crippen LogP contribution in [0.25, 0.3) is 22.7 Å². The van der Waals surface area contributed by atoms with Crippen molar-refractivity contribution in [2.75, 3.05) is 36.1 Å². The normalized spacial score (nSPS) is 13.9. The number of ether oxygens (including phenoxy) is 1. The summed E-state index contributed by atoms with van der Waals surface area (Å²) >= 11 is 6.23. The lowest BCUT2D eigenvalue weighted by Gasteiger charge is -2.24. The Balaban J connectivity index is 1.48. The standard InChI is InChI=1S/C21H17ClN6O6/c1-11-8-12(2-3-23-11)18-24-15(10-33-18)28(21(30)31)19(29)13-9-14-17(25-16(13)22)26-20(34-14)27-4-6-32-7-5-27/h2-3,8-10H,4-7H2,1H3,(H,30,31). The number of morpholine rings is 1. The van der Waals surface area contributed by atoms with E-state index in [0.717, 1.165) is 12.0 Å². The molecule has 1 saturated heterocycles. The van der Waals surface area contributed by atoms with Crippen molar-refractivity contribution in [3.05, 3.63) is 47.1 Å². The molecule has 34 heavy (non-hydrogen) atoms. The zero-order valence-electron chi connectivity index (χ0n) is 17.8. The third-order valence-electron chi connectivity index (χ3n) is 5.10. The Hall–Kier alpha value is -4.03. The molecule has 12 nitrogen and oxygen atoms in total. The molecule has 1 aliphatic rings. The Morgan fingerprint density at radius 3 is 2.71 bits per heavy atom. The van der Waals surface area contributed by atoms with Gasteiger partial charge in [-0.3, -0.25) is 9.78 Å². The Bertz CT molecular complexity index is 1400. The van der Waals surface area contributed by atoms with Crippen LogP contribution in [0.3, 0.4) is 0 Å². The van der Waals surface area contributed by atoms with Gasteiger partial charge in [-0.25, -0.2) is 9.78 Å². The molecular weight excluding hydrogens is 468 g/mol. The van der Waals surface area contributed by atoms with Crippen molar-refractivity contribution >= 4 is 46.7 Å². The van der Waals surface area contributed by atoms with E-state index in [0.29, 0.717) is 42.8 Å². The Kier molecular flexibility index (Phi) is 5.59. The van der Waals surface area contributed by atoms with Crippen LogP contribution in [0.4, 0.5) is 16.6 Å². The third-order valence-corrected chi connectivity index (χ3v) is 5.38. The van der Waals surface area contributed by atoms with Gasteiger partial charge in [0.1, 0.15) is 11.4 Å². The van der Waals surface area contributed by atoms with Crippen LogP contribution in [0.15, 0.2) is 39.5 Å². The fourth-order valence-corrected chi connectivity index (χ4v) is 3.67. The maximum absolute atomic E-state index is 13.2. The zero-order valence-corrected chi connectivity index (χ0v) is 18.5. The fraction of sp³-hybridized carbons (Fsp3) is 0.238. The number of aromatic nitrogens is 4. The number of imide groups is 1. The zero-order chi connectivity index (χ0) is 23.8. The highest BCUT2D eigenvalue weighted by molar-refractivity contribution is 6.35. The predicted octanol–water partition coefficient (Wildman–Crippen LogP) is 3.40. The van der Waals surface area contributed by atoms with Crippen LogP contribution in [0, 0.1) is 6.92 Å². The number of halogens is 1. The number of carbonyl (C=O) groups excluding carboxylic acids is 1. The number of anilines is 2. The van der Waals surface area contributed by atoms with Gasteiger partial charge in [-0.2, -0.15) is 14.9 Å². The van der Waals surface area contributed by atoms with Crippen LogP contribution in [0.5, 0.6) is 0 Å². The van der Waals surface area contributed by atoms with Crippen LogP contribution in [0.1, 0.15) is 16.1 Å². The van der Waals surface area contributed by atoms with E-state index in [4.69, 9.17) is 25.2 Å². The topological polar surface area (TPSA) is 148 Å².